The van der Waals surface area contributed by atoms with Gasteiger partial charge in [-0.2, -0.15) is 0 Å². The van der Waals surface area contributed by atoms with E-state index >= 15 is 0 Å². The van der Waals surface area contributed by atoms with Gasteiger partial charge >= 0.3 is 5.97 Å². The molecule has 0 radical (unpaired) electrons. The molecule has 0 bridgehead atoms. The van der Waals surface area contributed by atoms with Gasteiger partial charge in [0.15, 0.2) is 0 Å². The molecule has 1 N–H and O–H groups in total. The maximum Gasteiger partial charge on any atom is 0.323 e. The quantitative estimate of drug-likeness (QED) is 0.866. The third kappa shape index (κ3) is 3.56. The second kappa shape index (κ2) is 6.06. The van der Waals surface area contributed by atoms with E-state index in [9.17, 15) is 4.79 Å². The Bertz CT molecular complexity index is 511. The van der Waals surface area contributed by atoms with Gasteiger partial charge in [-0.05, 0) is 25.8 Å². The highest BCUT2D eigenvalue weighted by molar-refractivity contribution is 5.76. The van der Waals surface area contributed by atoms with Crippen molar-refractivity contribution in [2.24, 2.45) is 5.92 Å². The van der Waals surface area contributed by atoms with Crippen molar-refractivity contribution < 1.29 is 14.3 Å². The van der Waals surface area contributed by atoms with Gasteiger partial charge in [0.1, 0.15) is 17.4 Å². The van der Waals surface area contributed by atoms with Crippen LogP contribution in [0.5, 0.6) is 5.75 Å². The third-order valence-electron chi connectivity index (χ3n) is 3.88. The number of benzene rings is 1. The van der Waals surface area contributed by atoms with Crippen molar-refractivity contribution in [3.63, 3.8) is 0 Å². The first-order valence-electron chi connectivity index (χ1n) is 7.46. The number of carbonyl (C=O) groups excluding carboxylic acids is 1. The van der Waals surface area contributed by atoms with Crippen LogP contribution in [0.4, 0.5) is 0 Å². The fraction of sp³-hybridized carbons (Fsp3) is 0.588. The lowest BCUT2D eigenvalue weighted by molar-refractivity contribution is -0.144. The summed E-state index contributed by atoms with van der Waals surface area (Å²) in [5, 5.41) is 3.46. The number of nitrogens with one attached hydrogen (secondary N) is 1. The van der Waals surface area contributed by atoms with Crippen LogP contribution in [-0.4, -0.2) is 24.7 Å². The number of hydrogen-bond donors (Lipinski definition) is 1. The summed E-state index contributed by atoms with van der Waals surface area (Å²) < 4.78 is 10.9. The Morgan fingerprint density at radius 1 is 1.38 bits per heavy atom. The molecule has 0 amide bonds. The third-order valence-corrected chi connectivity index (χ3v) is 3.88. The lowest BCUT2D eigenvalue weighted by Crippen LogP contribution is -2.47. The van der Waals surface area contributed by atoms with Crippen molar-refractivity contribution in [3.05, 3.63) is 29.8 Å². The van der Waals surface area contributed by atoms with Crippen LogP contribution in [0.2, 0.25) is 0 Å². The highest BCUT2D eigenvalue weighted by Crippen LogP contribution is 2.39. The van der Waals surface area contributed by atoms with E-state index in [1.807, 2.05) is 32.0 Å². The molecule has 1 aromatic rings. The predicted octanol–water partition coefficient (Wildman–Crippen LogP) is 3.08. The first-order chi connectivity index (χ1) is 9.84. The molecule has 2 atom stereocenters. The summed E-state index contributed by atoms with van der Waals surface area (Å²) in [6, 6.07) is 7.76. The molecule has 1 aromatic carbocycles. The number of para-hydroxylation sites is 1. The summed E-state index contributed by atoms with van der Waals surface area (Å²) in [5.41, 5.74) is 0.843. The molecule has 4 nitrogen and oxygen atoms in total. The first kappa shape index (κ1) is 15.8. The molecule has 0 aliphatic carbocycles. The average molecular weight is 291 g/mol. The van der Waals surface area contributed by atoms with Crippen LogP contribution in [0.15, 0.2) is 24.3 Å². The van der Waals surface area contributed by atoms with Gasteiger partial charge in [-0.1, -0.05) is 32.0 Å². The minimum atomic E-state index is -0.318. The SMILES string of the molecule is COC(=O)[C@@H](NC1CC(C)(C)Oc2ccccc21)C(C)C. The van der Waals surface area contributed by atoms with Gasteiger partial charge < -0.3 is 9.47 Å². The van der Waals surface area contributed by atoms with E-state index in [1.54, 1.807) is 0 Å². The summed E-state index contributed by atoms with van der Waals surface area (Å²) in [7, 11) is 1.43. The minimum Gasteiger partial charge on any atom is -0.487 e. The zero-order chi connectivity index (χ0) is 15.6. The summed E-state index contributed by atoms with van der Waals surface area (Å²) in [5.74, 6) is 0.834. The molecule has 2 rings (SSSR count). The van der Waals surface area contributed by atoms with E-state index in [0.29, 0.717) is 0 Å². The summed E-state index contributed by atoms with van der Waals surface area (Å²) in [6.45, 7) is 8.18. The van der Waals surface area contributed by atoms with Gasteiger partial charge in [0.25, 0.3) is 0 Å². The summed E-state index contributed by atoms with van der Waals surface area (Å²) >= 11 is 0. The predicted molar refractivity (Wildman–Crippen MR) is 82.3 cm³/mol. The number of fused-ring (bicyclic) bond motifs is 1. The number of methoxy groups -OCH3 is 1. The van der Waals surface area contributed by atoms with Gasteiger partial charge in [-0.3, -0.25) is 10.1 Å². The molecule has 116 valence electrons. The Labute approximate surface area is 126 Å². The van der Waals surface area contributed by atoms with Crippen LogP contribution >= 0.6 is 0 Å². The number of rotatable bonds is 4. The second-order valence-corrected chi connectivity index (χ2v) is 6.57. The number of carbonyl (C=O) groups is 1. The first-order valence-corrected chi connectivity index (χ1v) is 7.46. The molecule has 0 saturated heterocycles. The van der Waals surface area contributed by atoms with Crippen LogP contribution in [0.25, 0.3) is 0 Å². The van der Waals surface area contributed by atoms with Gasteiger partial charge in [0.05, 0.1) is 7.11 Å². The Balaban J connectivity index is 2.28. The largest absolute Gasteiger partial charge is 0.487 e. The zero-order valence-corrected chi connectivity index (χ0v) is 13.5. The van der Waals surface area contributed by atoms with Gasteiger partial charge in [0, 0.05) is 18.0 Å². The van der Waals surface area contributed by atoms with Crippen LogP contribution < -0.4 is 10.1 Å². The van der Waals surface area contributed by atoms with Crippen molar-refractivity contribution in [1.82, 2.24) is 5.32 Å². The molecular weight excluding hydrogens is 266 g/mol. The molecular formula is C17H25NO3. The molecule has 21 heavy (non-hydrogen) atoms. The van der Waals surface area contributed by atoms with E-state index in [1.165, 1.54) is 7.11 Å². The van der Waals surface area contributed by atoms with Gasteiger partial charge in [-0.25, -0.2) is 0 Å². The average Bonchev–Trinajstić information content (AvgIpc) is 2.42. The maximum atomic E-state index is 12.0. The van der Waals surface area contributed by atoms with Gasteiger partial charge in [0.2, 0.25) is 0 Å². The Hall–Kier alpha value is -1.55. The van der Waals surface area contributed by atoms with Crippen molar-refractivity contribution in [2.75, 3.05) is 7.11 Å². The highest BCUT2D eigenvalue weighted by atomic mass is 16.5. The Morgan fingerprint density at radius 2 is 2.05 bits per heavy atom. The van der Waals surface area contributed by atoms with E-state index in [-0.39, 0.29) is 29.6 Å². The fourth-order valence-corrected chi connectivity index (χ4v) is 2.83. The van der Waals surface area contributed by atoms with E-state index in [0.717, 1.165) is 17.7 Å². The Morgan fingerprint density at radius 3 is 2.67 bits per heavy atom. The Kier molecular flexibility index (Phi) is 4.57. The van der Waals surface area contributed by atoms with Crippen LogP contribution in [0, 0.1) is 5.92 Å². The normalized spacial score (nSPS) is 21.3. The van der Waals surface area contributed by atoms with Crippen LogP contribution in [0.3, 0.4) is 0 Å². The van der Waals surface area contributed by atoms with Crippen molar-refractivity contribution in [3.8, 4) is 5.75 Å². The van der Waals surface area contributed by atoms with Crippen molar-refractivity contribution in [2.45, 2.75) is 51.8 Å². The lowest BCUT2D eigenvalue weighted by Gasteiger charge is -2.39. The van der Waals surface area contributed by atoms with Crippen LogP contribution in [0.1, 0.15) is 45.7 Å². The molecule has 0 fully saturated rings. The maximum absolute atomic E-state index is 12.0. The van der Waals surface area contributed by atoms with E-state index < -0.39 is 0 Å². The van der Waals surface area contributed by atoms with E-state index in [2.05, 4.69) is 25.2 Å². The molecule has 0 spiro atoms. The highest BCUT2D eigenvalue weighted by Gasteiger charge is 2.36. The van der Waals surface area contributed by atoms with Crippen LogP contribution in [-0.2, 0) is 9.53 Å². The monoisotopic (exact) mass is 291 g/mol. The minimum absolute atomic E-state index is 0.0800. The fourth-order valence-electron chi connectivity index (χ4n) is 2.83. The number of ether oxygens (including phenoxy) is 2. The molecule has 1 unspecified atom stereocenters. The van der Waals surface area contributed by atoms with Crippen molar-refractivity contribution in [1.29, 1.82) is 0 Å². The summed E-state index contributed by atoms with van der Waals surface area (Å²) in [4.78, 5) is 12.0. The van der Waals surface area contributed by atoms with Crippen molar-refractivity contribution >= 4 is 5.97 Å². The molecule has 1 aliphatic rings. The standard InChI is InChI=1S/C17H25NO3/c1-11(2)15(16(19)20-5)18-13-10-17(3,4)21-14-9-7-6-8-12(13)14/h6-9,11,13,15,18H,10H2,1-5H3/t13?,15-/m0/s1. The topological polar surface area (TPSA) is 47.6 Å². The molecule has 1 heterocycles. The molecule has 0 saturated carbocycles. The number of hydrogen-bond acceptors (Lipinski definition) is 4. The molecule has 0 aromatic heterocycles. The van der Waals surface area contributed by atoms with E-state index in [4.69, 9.17) is 9.47 Å². The summed E-state index contributed by atoms with van der Waals surface area (Å²) in [6.07, 6.45) is 0.810. The molecule has 1 aliphatic heterocycles. The molecule has 4 heteroatoms. The smallest absolute Gasteiger partial charge is 0.323 e. The lowest BCUT2D eigenvalue weighted by atomic mass is 9.88. The van der Waals surface area contributed by atoms with Gasteiger partial charge in [-0.15, -0.1) is 0 Å². The number of esters is 1. The zero-order valence-electron chi connectivity index (χ0n) is 13.5. The second-order valence-electron chi connectivity index (χ2n) is 6.57.